The molecular formula is C28H24I2N2O7. The van der Waals surface area contributed by atoms with E-state index < -0.39 is 18.6 Å². The Morgan fingerprint density at radius 1 is 0.949 bits per heavy atom. The maximum Gasteiger partial charge on any atom is 0.341 e. The van der Waals surface area contributed by atoms with Crippen molar-refractivity contribution in [2.75, 3.05) is 17.2 Å². The number of carboxylic acid groups (broad SMARTS) is 1. The van der Waals surface area contributed by atoms with E-state index >= 15 is 0 Å². The molecule has 4 rings (SSSR count). The van der Waals surface area contributed by atoms with Gasteiger partial charge < -0.3 is 30.0 Å². The molecule has 1 heterocycles. The maximum atomic E-state index is 13.9. The first-order valence-electron chi connectivity index (χ1n) is 12.0. The minimum Gasteiger partial charge on any atom is -0.508 e. The third-order valence-electron chi connectivity index (χ3n) is 5.73. The number of furan rings is 1. The predicted octanol–water partition coefficient (Wildman–Crippen LogP) is 7.03. The van der Waals surface area contributed by atoms with E-state index in [0.29, 0.717) is 58.5 Å². The van der Waals surface area contributed by atoms with Crippen LogP contribution in [-0.2, 0) is 11.2 Å². The zero-order valence-electron chi connectivity index (χ0n) is 20.7. The van der Waals surface area contributed by atoms with Gasteiger partial charge in [-0.3, -0.25) is 4.79 Å². The number of aliphatic carboxylic acids is 1. The van der Waals surface area contributed by atoms with Gasteiger partial charge in [0.2, 0.25) is 0 Å². The third kappa shape index (κ3) is 7.01. The molecular weight excluding hydrogens is 730 g/mol. The standard InChI is InChI=1S/C28H24I2N2O7/c1-2-3-4-23-25(26(36)15-11-20(29)27(21(30)12-15)38-14-24(34)35)19-13-17(7-10-22(19)39-23)32-28(37)31-16-5-8-18(33)9-6-16/h5-13,33H,2-4,14H2,1H3,(H,34,35)(H2,31,32,37). The molecule has 1 aromatic heterocycles. The lowest BCUT2D eigenvalue weighted by atomic mass is 9.98. The van der Waals surface area contributed by atoms with Gasteiger partial charge in [0, 0.05) is 28.7 Å². The number of phenolic OH excluding ortho intramolecular Hbond substituents is 1. The highest BCUT2D eigenvalue weighted by Gasteiger charge is 2.24. The van der Waals surface area contributed by atoms with Gasteiger partial charge in [-0.2, -0.15) is 0 Å². The summed E-state index contributed by atoms with van der Waals surface area (Å²) in [6.07, 6.45) is 2.32. The van der Waals surface area contributed by atoms with Crippen molar-refractivity contribution in [2.24, 2.45) is 0 Å². The summed E-state index contributed by atoms with van der Waals surface area (Å²) in [5, 5.41) is 24.4. The molecule has 11 heteroatoms. The Morgan fingerprint density at radius 3 is 2.23 bits per heavy atom. The van der Waals surface area contributed by atoms with Gasteiger partial charge in [-0.15, -0.1) is 0 Å². The van der Waals surface area contributed by atoms with Gasteiger partial charge in [0.1, 0.15) is 22.8 Å². The summed E-state index contributed by atoms with van der Waals surface area (Å²) in [4.78, 5) is 37.4. The van der Waals surface area contributed by atoms with Gasteiger partial charge in [0.15, 0.2) is 12.4 Å². The molecule has 4 N–H and O–H groups in total. The molecule has 202 valence electrons. The fourth-order valence-electron chi connectivity index (χ4n) is 3.93. The zero-order chi connectivity index (χ0) is 28.1. The number of anilines is 2. The van der Waals surface area contributed by atoms with Crippen LogP contribution in [0.25, 0.3) is 11.0 Å². The summed E-state index contributed by atoms with van der Waals surface area (Å²) in [5.41, 5.74) is 2.34. The molecule has 9 nitrogen and oxygen atoms in total. The highest BCUT2D eigenvalue weighted by Crippen LogP contribution is 2.34. The average molecular weight is 754 g/mol. The second kappa shape index (κ2) is 12.7. The lowest BCUT2D eigenvalue weighted by molar-refractivity contribution is -0.139. The molecule has 0 saturated heterocycles. The topological polar surface area (TPSA) is 138 Å². The number of unbranched alkanes of at least 4 members (excludes halogenated alkanes) is 1. The summed E-state index contributed by atoms with van der Waals surface area (Å²) in [6.45, 7) is 1.57. The van der Waals surface area contributed by atoms with Crippen LogP contribution in [0.3, 0.4) is 0 Å². The fourth-order valence-corrected chi connectivity index (χ4v) is 6.01. The quantitative estimate of drug-likeness (QED) is 0.0776. The van der Waals surface area contributed by atoms with Gasteiger partial charge in [-0.05, 0) is 106 Å². The van der Waals surface area contributed by atoms with E-state index in [4.69, 9.17) is 14.3 Å². The highest BCUT2D eigenvalue weighted by atomic mass is 127. The van der Waals surface area contributed by atoms with E-state index in [1.807, 2.05) is 45.2 Å². The molecule has 0 radical (unpaired) electrons. The van der Waals surface area contributed by atoms with Crippen molar-refractivity contribution in [3.05, 3.63) is 78.6 Å². The van der Waals surface area contributed by atoms with E-state index in [0.717, 1.165) is 12.8 Å². The number of urea groups is 1. The van der Waals surface area contributed by atoms with Crippen molar-refractivity contribution in [2.45, 2.75) is 26.2 Å². The molecule has 0 atom stereocenters. The normalized spacial score (nSPS) is 10.8. The number of rotatable bonds is 10. The van der Waals surface area contributed by atoms with Gasteiger partial charge in [-0.1, -0.05) is 13.3 Å². The van der Waals surface area contributed by atoms with Gasteiger partial charge in [-0.25, -0.2) is 9.59 Å². The van der Waals surface area contributed by atoms with Crippen LogP contribution in [0.15, 0.2) is 59.0 Å². The molecule has 3 aromatic carbocycles. The number of ether oxygens (including phenoxy) is 1. The predicted molar refractivity (Wildman–Crippen MR) is 164 cm³/mol. The summed E-state index contributed by atoms with van der Waals surface area (Å²) in [5.74, 6) is -0.267. The molecule has 0 aliphatic rings. The molecule has 0 bridgehead atoms. The fraction of sp³-hybridized carbons (Fsp3) is 0.179. The van der Waals surface area contributed by atoms with Gasteiger partial charge >= 0.3 is 12.0 Å². The smallest absolute Gasteiger partial charge is 0.341 e. The number of ketones is 1. The summed E-state index contributed by atoms with van der Waals surface area (Å²) in [7, 11) is 0. The van der Waals surface area contributed by atoms with E-state index in [9.17, 15) is 19.5 Å². The summed E-state index contributed by atoms with van der Waals surface area (Å²) < 4.78 is 12.7. The highest BCUT2D eigenvalue weighted by molar-refractivity contribution is 14.1. The summed E-state index contributed by atoms with van der Waals surface area (Å²) >= 11 is 4.04. The Balaban J connectivity index is 1.67. The summed E-state index contributed by atoms with van der Waals surface area (Å²) in [6, 6.07) is 14.1. The number of amides is 2. The lowest BCUT2D eigenvalue weighted by Gasteiger charge is -2.11. The monoisotopic (exact) mass is 754 g/mol. The Morgan fingerprint density at radius 2 is 1.59 bits per heavy atom. The van der Waals surface area contributed by atoms with E-state index in [2.05, 4.69) is 17.6 Å². The molecule has 0 aliphatic heterocycles. The van der Waals surface area contributed by atoms with Crippen LogP contribution in [0.1, 0.15) is 41.4 Å². The number of fused-ring (bicyclic) bond motifs is 1. The number of hydrogen-bond donors (Lipinski definition) is 4. The van der Waals surface area contributed by atoms with E-state index in [-0.39, 0.29) is 11.5 Å². The Kier molecular flexibility index (Phi) is 9.32. The molecule has 0 spiro atoms. The van der Waals surface area contributed by atoms with Crippen molar-refractivity contribution < 1.29 is 33.8 Å². The lowest BCUT2D eigenvalue weighted by Crippen LogP contribution is -2.19. The molecule has 0 saturated carbocycles. The van der Waals surface area contributed by atoms with Crippen LogP contribution in [0.5, 0.6) is 11.5 Å². The third-order valence-corrected chi connectivity index (χ3v) is 7.33. The van der Waals surface area contributed by atoms with Crippen molar-refractivity contribution in [1.82, 2.24) is 0 Å². The molecule has 0 fully saturated rings. The van der Waals surface area contributed by atoms with E-state index in [1.165, 1.54) is 12.1 Å². The Bertz CT molecular complexity index is 1520. The van der Waals surface area contributed by atoms with Crippen LogP contribution >= 0.6 is 45.2 Å². The zero-order valence-corrected chi connectivity index (χ0v) is 25.0. The number of benzene rings is 3. The van der Waals surface area contributed by atoms with Crippen LogP contribution in [0, 0.1) is 7.14 Å². The van der Waals surface area contributed by atoms with Crippen molar-refractivity contribution >= 4 is 85.3 Å². The minimum absolute atomic E-state index is 0.0919. The number of halogens is 2. The Labute approximate surface area is 251 Å². The van der Waals surface area contributed by atoms with Crippen LogP contribution in [0.4, 0.5) is 16.2 Å². The first-order valence-corrected chi connectivity index (χ1v) is 14.1. The van der Waals surface area contributed by atoms with Crippen molar-refractivity contribution in [3.8, 4) is 11.5 Å². The number of carbonyl (C=O) groups excluding carboxylic acids is 2. The SMILES string of the molecule is CCCCc1oc2ccc(NC(=O)Nc3ccc(O)cc3)cc2c1C(=O)c1cc(I)c(OCC(=O)O)c(I)c1. The maximum absolute atomic E-state index is 13.9. The molecule has 0 aliphatic carbocycles. The van der Waals surface area contributed by atoms with Crippen LogP contribution in [0.2, 0.25) is 0 Å². The first-order chi connectivity index (χ1) is 18.7. The number of nitrogens with one attached hydrogen (secondary N) is 2. The van der Waals surface area contributed by atoms with E-state index in [1.54, 1.807) is 42.5 Å². The van der Waals surface area contributed by atoms with Crippen molar-refractivity contribution in [1.29, 1.82) is 0 Å². The number of carboxylic acids is 1. The second-order valence-electron chi connectivity index (χ2n) is 8.62. The molecule has 0 unspecified atom stereocenters. The second-order valence-corrected chi connectivity index (χ2v) is 10.9. The number of aryl methyl sites for hydroxylation is 1. The van der Waals surface area contributed by atoms with Crippen LogP contribution in [-0.4, -0.2) is 34.6 Å². The number of aromatic hydroxyl groups is 1. The van der Waals surface area contributed by atoms with Gasteiger partial charge in [0.05, 0.1) is 12.7 Å². The minimum atomic E-state index is -1.09. The Hall–Kier alpha value is -3.33. The largest absolute Gasteiger partial charge is 0.508 e. The number of phenols is 1. The molecule has 2 amide bonds. The molecule has 39 heavy (non-hydrogen) atoms. The van der Waals surface area contributed by atoms with Crippen molar-refractivity contribution in [3.63, 3.8) is 0 Å². The number of hydrogen-bond acceptors (Lipinski definition) is 6. The first kappa shape index (κ1) is 28.7. The van der Waals surface area contributed by atoms with Gasteiger partial charge in [0.25, 0.3) is 0 Å². The number of carbonyl (C=O) groups is 3. The van der Waals surface area contributed by atoms with Crippen LogP contribution < -0.4 is 15.4 Å². The average Bonchev–Trinajstić information content (AvgIpc) is 3.25. The molecule has 4 aromatic rings.